The van der Waals surface area contributed by atoms with E-state index in [-0.39, 0.29) is 10.8 Å². The van der Waals surface area contributed by atoms with E-state index in [1.807, 2.05) is 0 Å². The fourth-order valence-corrected chi connectivity index (χ4v) is 4.34. The molecule has 0 aliphatic carbocycles. The highest BCUT2D eigenvalue weighted by molar-refractivity contribution is 7.94. The highest BCUT2D eigenvalue weighted by Gasteiger charge is 2.22. The lowest BCUT2D eigenvalue weighted by atomic mass is 10.3. The summed E-state index contributed by atoms with van der Waals surface area (Å²) in [6.07, 6.45) is 0. The van der Waals surface area contributed by atoms with Crippen molar-refractivity contribution in [3.8, 4) is 5.75 Å². The number of aliphatic carboxylic acids is 1. The van der Waals surface area contributed by atoms with Crippen molar-refractivity contribution in [1.82, 2.24) is 4.90 Å². The molecule has 0 aliphatic heterocycles. The summed E-state index contributed by atoms with van der Waals surface area (Å²) in [7, 11) is -0.793. The number of ether oxygens (including phenoxy) is 1. The first-order valence-electron chi connectivity index (χ1n) is 7.43. The lowest BCUT2D eigenvalue weighted by molar-refractivity contribution is -0.144. The van der Waals surface area contributed by atoms with E-state index in [0.717, 1.165) is 20.5 Å². The Labute approximate surface area is 155 Å². The zero-order chi connectivity index (χ0) is 19.3. The van der Waals surface area contributed by atoms with Gasteiger partial charge in [-0.05, 0) is 35.7 Å². The van der Waals surface area contributed by atoms with Crippen LogP contribution in [0.3, 0.4) is 0 Å². The second kappa shape index (κ2) is 8.19. The third-order valence-electron chi connectivity index (χ3n) is 3.47. The Morgan fingerprint density at radius 3 is 2.35 bits per heavy atom. The van der Waals surface area contributed by atoms with Crippen LogP contribution in [0.1, 0.15) is 0 Å². The van der Waals surface area contributed by atoms with Gasteiger partial charge in [0.15, 0.2) is 6.61 Å². The van der Waals surface area contributed by atoms with Crippen LogP contribution in [0.4, 0.5) is 5.69 Å². The molecule has 0 aliphatic rings. The Hall–Kier alpha value is -2.59. The average molecular weight is 398 g/mol. The van der Waals surface area contributed by atoms with Crippen molar-refractivity contribution in [2.45, 2.75) is 4.21 Å². The number of anilines is 1. The number of rotatable bonds is 8. The van der Waals surface area contributed by atoms with Gasteiger partial charge in [-0.15, -0.1) is 11.3 Å². The van der Waals surface area contributed by atoms with E-state index in [2.05, 4.69) is 0 Å². The number of likely N-dealkylation sites (N-methyl/N-ethyl adjacent to an activating group) is 1. The zero-order valence-electron chi connectivity index (χ0n) is 14.2. The average Bonchev–Trinajstić information content (AvgIpc) is 3.14. The van der Waals surface area contributed by atoms with Crippen LogP contribution in [0, 0.1) is 0 Å². The topological polar surface area (TPSA) is 104 Å². The number of amides is 1. The first-order valence-corrected chi connectivity index (χ1v) is 9.75. The van der Waals surface area contributed by atoms with E-state index >= 15 is 0 Å². The number of carboxylic acid groups (broad SMARTS) is 1. The molecule has 26 heavy (non-hydrogen) atoms. The minimum Gasteiger partial charge on any atom is -0.484 e. The largest absolute Gasteiger partial charge is 0.484 e. The van der Waals surface area contributed by atoms with E-state index < -0.39 is 28.4 Å². The smallest absolute Gasteiger partial charge is 0.323 e. The zero-order valence-corrected chi connectivity index (χ0v) is 15.8. The van der Waals surface area contributed by atoms with Crippen molar-refractivity contribution in [3.05, 3.63) is 41.8 Å². The minimum atomic E-state index is -3.62. The molecule has 8 nitrogen and oxygen atoms in total. The summed E-state index contributed by atoms with van der Waals surface area (Å²) in [6, 6.07) is 9.41. The van der Waals surface area contributed by atoms with Crippen molar-refractivity contribution < 1.29 is 27.9 Å². The first-order chi connectivity index (χ1) is 12.2. The van der Waals surface area contributed by atoms with Gasteiger partial charge in [0, 0.05) is 14.1 Å². The molecule has 0 saturated heterocycles. The molecule has 2 rings (SSSR count). The van der Waals surface area contributed by atoms with Crippen molar-refractivity contribution >= 4 is 38.9 Å². The maximum Gasteiger partial charge on any atom is 0.323 e. The summed E-state index contributed by atoms with van der Waals surface area (Å²) < 4.78 is 31.6. The standard InChI is InChI=1S/C16H18N2O6S2/c1-17(10-15(20)21)14(19)11-24-13-7-5-12(6-8-13)18(2)26(22,23)16-4-3-9-25-16/h3-9H,10-11H2,1-2H3,(H,20,21). The quantitative estimate of drug-likeness (QED) is 0.723. The Kier molecular flexibility index (Phi) is 6.22. The van der Waals surface area contributed by atoms with Crippen LogP contribution in [0.25, 0.3) is 0 Å². The van der Waals surface area contributed by atoms with Crippen molar-refractivity contribution in [1.29, 1.82) is 0 Å². The molecule has 1 amide bonds. The summed E-state index contributed by atoms with van der Waals surface area (Å²) in [4.78, 5) is 23.3. The van der Waals surface area contributed by atoms with Gasteiger partial charge < -0.3 is 14.7 Å². The summed E-state index contributed by atoms with van der Waals surface area (Å²) in [5, 5.41) is 10.3. The minimum absolute atomic E-state index is 0.243. The number of carbonyl (C=O) groups is 2. The van der Waals surface area contributed by atoms with Crippen LogP contribution in [0.2, 0.25) is 0 Å². The number of benzene rings is 1. The van der Waals surface area contributed by atoms with Gasteiger partial charge in [-0.25, -0.2) is 8.42 Å². The van der Waals surface area contributed by atoms with Crippen LogP contribution >= 0.6 is 11.3 Å². The summed E-state index contributed by atoms with van der Waals surface area (Å²) in [5.41, 5.74) is 0.445. The van der Waals surface area contributed by atoms with Crippen molar-refractivity contribution in [2.75, 3.05) is 31.6 Å². The Morgan fingerprint density at radius 1 is 1.15 bits per heavy atom. The predicted molar refractivity (Wildman–Crippen MR) is 97.1 cm³/mol. The highest BCUT2D eigenvalue weighted by Crippen LogP contribution is 2.26. The van der Waals surface area contributed by atoms with Gasteiger partial charge >= 0.3 is 5.97 Å². The molecule has 0 bridgehead atoms. The lowest BCUT2D eigenvalue weighted by Crippen LogP contribution is -2.35. The molecule has 1 heterocycles. The van der Waals surface area contributed by atoms with Gasteiger partial charge in [-0.1, -0.05) is 6.07 Å². The Bertz CT molecular complexity index is 863. The molecule has 0 spiro atoms. The normalized spacial score (nSPS) is 11.0. The first kappa shape index (κ1) is 19.7. The Morgan fingerprint density at radius 2 is 1.81 bits per heavy atom. The number of hydrogen-bond acceptors (Lipinski definition) is 6. The second-order valence-corrected chi connectivity index (χ2v) is 8.47. The molecule has 0 saturated carbocycles. The van der Waals surface area contributed by atoms with E-state index in [1.54, 1.807) is 35.7 Å². The maximum atomic E-state index is 12.5. The van der Waals surface area contributed by atoms with Gasteiger partial charge in [-0.2, -0.15) is 0 Å². The highest BCUT2D eigenvalue weighted by atomic mass is 32.2. The molecule has 140 valence electrons. The summed E-state index contributed by atoms with van der Waals surface area (Å²) >= 11 is 1.14. The number of carbonyl (C=O) groups excluding carboxylic acids is 1. The fraction of sp³-hybridized carbons (Fsp3) is 0.250. The predicted octanol–water partition coefficient (Wildman–Crippen LogP) is 1.49. The van der Waals surface area contributed by atoms with E-state index in [0.29, 0.717) is 11.4 Å². The molecule has 10 heteroatoms. The van der Waals surface area contributed by atoms with Crippen LogP contribution in [0.15, 0.2) is 46.0 Å². The molecule has 0 fully saturated rings. The van der Waals surface area contributed by atoms with E-state index in [9.17, 15) is 18.0 Å². The molecular formula is C16H18N2O6S2. The maximum absolute atomic E-state index is 12.5. The molecule has 1 aromatic carbocycles. The van der Waals surface area contributed by atoms with Gasteiger partial charge in [0.2, 0.25) is 0 Å². The number of sulfonamides is 1. The molecule has 0 atom stereocenters. The summed E-state index contributed by atoms with van der Waals surface area (Å²) in [5.74, 6) is -1.22. The molecule has 0 radical (unpaired) electrons. The van der Waals surface area contributed by atoms with Crippen molar-refractivity contribution in [3.63, 3.8) is 0 Å². The molecule has 2 aromatic rings. The molecule has 1 aromatic heterocycles. The van der Waals surface area contributed by atoms with Crippen molar-refractivity contribution in [2.24, 2.45) is 0 Å². The van der Waals surface area contributed by atoms with Crippen LogP contribution in [-0.2, 0) is 19.6 Å². The monoisotopic (exact) mass is 398 g/mol. The van der Waals surface area contributed by atoms with Gasteiger partial charge in [-0.3, -0.25) is 13.9 Å². The number of thiophene rings is 1. The van der Waals surface area contributed by atoms with E-state index in [1.165, 1.54) is 20.2 Å². The van der Waals surface area contributed by atoms with Crippen LogP contribution in [-0.4, -0.2) is 57.5 Å². The van der Waals surface area contributed by atoms with Crippen LogP contribution in [0.5, 0.6) is 5.75 Å². The molecule has 1 N–H and O–H groups in total. The Balaban J connectivity index is 2.00. The number of carboxylic acids is 1. The number of nitrogens with zero attached hydrogens (tertiary/aromatic N) is 2. The third-order valence-corrected chi connectivity index (χ3v) is 6.63. The van der Waals surface area contributed by atoms with Gasteiger partial charge in [0.1, 0.15) is 16.5 Å². The lowest BCUT2D eigenvalue weighted by Gasteiger charge is -2.19. The van der Waals surface area contributed by atoms with Crippen LogP contribution < -0.4 is 9.04 Å². The third kappa shape index (κ3) is 4.73. The fourth-order valence-electron chi connectivity index (χ4n) is 1.98. The van der Waals surface area contributed by atoms with E-state index in [4.69, 9.17) is 9.84 Å². The summed E-state index contributed by atoms with van der Waals surface area (Å²) in [6.45, 7) is -0.723. The van der Waals surface area contributed by atoms with Gasteiger partial charge in [0.05, 0.1) is 5.69 Å². The molecule has 0 unspecified atom stereocenters. The second-order valence-electron chi connectivity index (χ2n) is 5.33. The number of hydrogen-bond donors (Lipinski definition) is 1. The van der Waals surface area contributed by atoms with Gasteiger partial charge in [0.25, 0.3) is 15.9 Å². The SMILES string of the molecule is CN(CC(=O)O)C(=O)COc1ccc(N(C)S(=O)(=O)c2cccs2)cc1. The molecular weight excluding hydrogens is 380 g/mol.